The molecule has 0 bridgehead atoms. The van der Waals surface area contributed by atoms with Gasteiger partial charge in [-0.25, -0.2) is 0 Å². The highest BCUT2D eigenvalue weighted by Crippen LogP contribution is 2.28. The van der Waals surface area contributed by atoms with E-state index >= 15 is 0 Å². The lowest BCUT2D eigenvalue weighted by Gasteiger charge is -2.11. The highest BCUT2D eigenvalue weighted by molar-refractivity contribution is 5.42. The second-order valence-electron chi connectivity index (χ2n) is 5.51. The van der Waals surface area contributed by atoms with Gasteiger partial charge in [0.15, 0.2) is 0 Å². The third-order valence-electron chi connectivity index (χ3n) is 4.23. The largest absolute Gasteiger partial charge is 0.0654 e. The van der Waals surface area contributed by atoms with E-state index in [0.717, 1.165) is 0 Å². The third-order valence-corrected chi connectivity index (χ3v) is 4.23. The Labute approximate surface area is 106 Å². The SMILES string of the molecule is CCCCCCCc1ccc2c(c1C)CCC2. The minimum atomic E-state index is 1.29. The summed E-state index contributed by atoms with van der Waals surface area (Å²) in [7, 11) is 0. The normalized spacial score (nSPS) is 14.0. The first-order chi connectivity index (χ1) is 8.33. The Morgan fingerprint density at radius 3 is 2.65 bits per heavy atom. The van der Waals surface area contributed by atoms with Crippen LogP contribution in [0, 0.1) is 6.92 Å². The van der Waals surface area contributed by atoms with Gasteiger partial charge >= 0.3 is 0 Å². The van der Waals surface area contributed by atoms with Crippen molar-refractivity contribution < 1.29 is 0 Å². The predicted molar refractivity (Wildman–Crippen MR) is 75.7 cm³/mol. The summed E-state index contributed by atoms with van der Waals surface area (Å²) in [5, 5.41) is 0. The van der Waals surface area contributed by atoms with Gasteiger partial charge in [0.1, 0.15) is 0 Å². The first-order valence-corrected chi connectivity index (χ1v) is 7.43. The van der Waals surface area contributed by atoms with Gasteiger partial charge < -0.3 is 0 Å². The van der Waals surface area contributed by atoms with Gasteiger partial charge in [-0.05, 0) is 61.3 Å². The van der Waals surface area contributed by atoms with Crippen LogP contribution in [0.25, 0.3) is 0 Å². The van der Waals surface area contributed by atoms with E-state index in [9.17, 15) is 0 Å². The van der Waals surface area contributed by atoms with E-state index in [4.69, 9.17) is 0 Å². The summed E-state index contributed by atoms with van der Waals surface area (Å²) in [6.45, 7) is 4.62. The number of hydrogen-bond acceptors (Lipinski definition) is 0. The Kier molecular flexibility index (Phi) is 4.65. The molecule has 1 aromatic rings. The summed E-state index contributed by atoms with van der Waals surface area (Å²) < 4.78 is 0. The molecule has 0 atom stereocenters. The summed E-state index contributed by atoms with van der Waals surface area (Å²) in [4.78, 5) is 0. The van der Waals surface area contributed by atoms with Crippen molar-refractivity contribution in [1.29, 1.82) is 0 Å². The Bertz CT molecular complexity index is 363. The van der Waals surface area contributed by atoms with E-state index in [-0.39, 0.29) is 0 Å². The van der Waals surface area contributed by atoms with Gasteiger partial charge in [0, 0.05) is 0 Å². The van der Waals surface area contributed by atoms with Crippen molar-refractivity contribution in [2.45, 2.75) is 71.6 Å². The van der Waals surface area contributed by atoms with E-state index < -0.39 is 0 Å². The predicted octanol–water partition coefficient (Wildman–Crippen LogP) is 5.00. The average Bonchev–Trinajstić information content (AvgIpc) is 2.80. The van der Waals surface area contributed by atoms with Crippen LogP contribution >= 0.6 is 0 Å². The fourth-order valence-electron chi connectivity index (χ4n) is 3.09. The molecule has 0 heterocycles. The molecule has 94 valence electrons. The van der Waals surface area contributed by atoms with Crippen molar-refractivity contribution in [2.75, 3.05) is 0 Å². The Hall–Kier alpha value is -0.780. The van der Waals surface area contributed by atoms with Gasteiger partial charge in [0.05, 0.1) is 0 Å². The van der Waals surface area contributed by atoms with E-state index in [1.807, 2.05) is 0 Å². The molecule has 17 heavy (non-hydrogen) atoms. The Balaban J connectivity index is 1.89. The number of fused-ring (bicyclic) bond motifs is 1. The van der Waals surface area contributed by atoms with E-state index in [1.165, 1.54) is 57.8 Å². The maximum Gasteiger partial charge on any atom is -0.0270 e. The maximum atomic E-state index is 2.39. The lowest BCUT2D eigenvalue weighted by Crippen LogP contribution is -1.96. The highest BCUT2D eigenvalue weighted by Gasteiger charge is 2.14. The van der Waals surface area contributed by atoms with E-state index in [0.29, 0.717) is 0 Å². The topological polar surface area (TPSA) is 0 Å². The minimum Gasteiger partial charge on any atom is -0.0654 e. The molecule has 1 aromatic carbocycles. The van der Waals surface area contributed by atoms with Gasteiger partial charge in [-0.1, -0.05) is 44.7 Å². The molecular formula is C17H26. The molecule has 1 aliphatic carbocycles. The molecule has 0 N–H and O–H groups in total. The second-order valence-corrected chi connectivity index (χ2v) is 5.51. The average molecular weight is 230 g/mol. The molecule has 0 saturated heterocycles. The van der Waals surface area contributed by atoms with Crippen molar-refractivity contribution in [2.24, 2.45) is 0 Å². The zero-order valence-electron chi connectivity index (χ0n) is 11.5. The lowest BCUT2D eigenvalue weighted by atomic mass is 9.95. The van der Waals surface area contributed by atoms with Crippen molar-refractivity contribution >= 4 is 0 Å². The number of hydrogen-bond donors (Lipinski definition) is 0. The smallest absolute Gasteiger partial charge is 0.0270 e. The molecular weight excluding hydrogens is 204 g/mol. The van der Waals surface area contributed by atoms with Gasteiger partial charge in [0.25, 0.3) is 0 Å². The van der Waals surface area contributed by atoms with Crippen LogP contribution in [-0.4, -0.2) is 0 Å². The highest BCUT2D eigenvalue weighted by atomic mass is 14.2. The van der Waals surface area contributed by atoms with Crippen LogP contribution in [0.4, 0.5) is 0 Å². The summed E-state index contributed by atoms with van der Waals surface area (Å²) >= 11 is 0. The molecule has 0 spiro atoms. The fraction of sp³-hybridized carbons (Fsp3) is 0.647. The zero-order chi connectivity index (χ0) is 12.1. The molecule has 0 amide bonds. The molecule has 0 radical (unpaired) electrons. The molecule has 0 aliphatic heterocycles. The monoisotopic (exact) mass is 230 g/mol. The second kappa shape index (κ2) is 6.23. The maximum absolute atomic E-state index is 2.39. The number of rotatable bonds is 6. The molecule has 0 fully saturated rings. The van der Waals surface area contributed by atoms with Crippen molar-refractivity contribution in [3.05, 3.63) is 34.4 Å². The van der Waals surface area contributed by atoms with Crippen molar-refractivity contribution in [1.82, 2.24) is 0 Å². The minimum absolute atomic E-state index is 1.29. The van der Waals surface area contributed by atoms with Gasteiger partial charge in [0.2, 0.25) is 0 Å². The summed E-state index contributed by atoms with van der Waals surface area (Å²) in [5.41, 5.74) is 6.52. The van der Waals surface area contributed by atoms with Crippen molar-refractivity contribution in [3.63, 3.8) is 0 Å². The van der Waals surface area contributed by atoms with Crippen LogP contribution in [0.5, 0.6) is 0 Å². The lowest BCUT2D eigenvalue weighted by molar-refractivity contribution is 0.631. The van der Waals surface area contributed by atoms with Crippen molar-refractivity contribution in [3.8, 4) is 0 Å². The molecule has 0 nitrogen and oxygen atoms in total. The Morgan fingerprint density at radius 2 is 1.82 bits per heavy atom. The van der Waals surface area contributed by atoms with Crippen LogP contribution < -0.4 is 0 Å². The Morgan fingerprint density at radius 1 is 1.00 bits per heavy atom. The van der Waals surface area contributed by atoms with E-state index in [2.05, 4.69) is 26.0 Å². The van der Waals surface area contributed by atoms with Gasteiger partial charge in [-0.15, -0.1) is 0 Å². The summed E-state index contributed by atoms with van der Waals surface area (Å²) in [5.74, 6) is 0. The van der Waals surface area contributed by atoms with Crippen LogP contribution in [0.1, 0.15) is 67.7 Å². The van der Waals surface area contributed by atoms with Crippen LogP contribution in [0.3, 0.4) is 0 Å². The molecule has 0 aromatic heterocycles. The number of benzene rings is 1. The zero-order valence-corrected chi connectivity index (χ0v) is 11.5. The number of unbranched alkanes of at least 4 members (excludes halogenated alkanes) is 4. The summed E-state index contributed by atoms with van der Waals surface area (Å²) in [6.07, 6.45) is 12.3. The summed E-state index contributed by atoms with van der Waals surface area (Å²) in [6, 6.07) is 4.77. The van der Waals surface area contributed by atoms with Gasteiger partial charge in [-0.2, -0.15) is 0 Å². The molecule has 0 saturated carbocycles. The first-order valence-electron chi connectivity index (χ1n) is 7.43. The molecule has 2 rings (SSSR count). The standard InChI is InChI=1S/C17H26/c1-3-4-5-6-7-9-15-12-13-16-10-8-11-17(16)14(15)2/h12-13H,3-11H2,1-2H3. The first kappa shape index (κ1) is 12.7. The van der Waals surface area contributed by atoms with Crippen LogP contribution in [-0.2, 0) is 19.3 Å². The van der Waals surface area contributed by atoms with E-state index in [1.54, 1.807) is 22.3 Å². The third kappa shape index (κ3) is 3.12. The quantitative estimate of drug-likeness (QED) is 0.603. The van der Waals surface area contributed by atoms with Crippen LogP contribution in [0.15, 0.2) is 12.1 Å². The van der Waals surface area contributed by atoms with Gasteiger partial charge in [-0.3, -0.25) is 0 Å². The fourth-order valence-corrected chi connectivity index (χ4v) is 3.09. The molecule has 1 aliphatic rings. The number of aryl methyl sites for hydroxylation is 2. The van der Waals surface area contributed by atoms with Crippen LogP contribution in [0.2, 0.25) is 0 Å². The molecule has 0 heteroatoms. The molecule has 0 unspecified atom stereocenters.